The Morgan fingerprint density at radius 1 is 1.40 bits per heavy atom. The Morgan fingerprint density at radius 3 is 2.65 bits per heavy atom. The van der Waals surface area contributed by atoms with Crippen LogP contribution in [0.5, 0.6) is 5.75 Å². The van der Waals surface area contributed by atoms with E-state index in [1.165, 1.54) is 0 Å². The molecule has 0 aliphatic heterocycles. The molecule has 1 amide bonds. The lowest BCUT2D eigenvalue weighted by atomic mass is 9.95. The van der Waals surface area contributed by atoms with E-state index in [1.54, 1.807) is 0 Å². The monoisotopic (exact) mass is 275 g/mol. The number of hydrogen-bond acceptors (Lipinski definition) is 2. The average Bonchev–Trinajstić information content (AvgIpc) is 3.22. The zero-order chi connectivity index (χ0) is 14.7. The summed E-state index contributed by atoms with van der Waals surface area (Å²) in [5, 5.41) is 0. The third-order valence-electron chi connectivity index (χ3n) is 3.78. The average molecular weight is 275 g/mol. The lowest BCUT2D eigenvalue weighted by molar-refractivity contribution is -0.132. The van der Waals surface area contributed by atoms with Gasteiger partial charge in [-0.05, 0) is 50.8 Å². The van der Waals surface area contributed by atoms with E-state index in [9.17, 15) is 4.79 Å². The number of rotatable bonds is 6. The van der Waals surface area contributed by atoms with E-state index >= 15 is 0 Å². The van der Waals surface area contributed by atoms with Gasteiger partial charge in [-0.25, -0.2) is 0 Å². The maximum atomic E-state index is 12.6. The summed E-state index contributed by atoms with van der Waals surface area (Å²) in [6.07, 6.45) is 3.26. The maximum Gasteiger partial charge on any atom is 0.230 e. The van der Waals surface area contributed by atoms with Crippen molar-refractivity contribution in [2.75, 3.05) is 7.05 Å². The van der Waals surface area contributed by atoms with Gasteiger partial charge in [0.25, 0.3) is 0 Å². The predicted molar refractivity (Wildman–Crippen MR) is 81.0 cm³/mol. The normalized spacial score (nSPS) is 16.1. The van der Waals surface area contributed by atoms with E-state index < -0.39 is 0 Å². The summed E-state index contributed by atoms with van der Waals surface area (Å²) in [5.74, 6) is 1.02. The summed E-state index contributed by atoms with van der Waals surface area (Å²) < 4.78 is 5.72. The van der Waals surface area contributed by atoms with Crippen LogP contribution in [0, 0.1) is 0 Å². The molecule has 1 saturated carbocycles. The summed E-state index contributed by atoms with van der Waals surface area (Å²) in [7, 11) is 1.93. The molecule has 1 aromatic carbocycles. The molecule has 3 nitrogen and oxygen atoms in total. The Hall–Kier alpha value is -1.51. The smallest absolute Gasteiger partial charge is 0.230 e. The lowest BCUT2D eigenvalue weighted by Gasteiger charge is -2.23. The van der Waals surface area contributed by atoms with Crippen LogP contribution in [0.4, 0.5) is 0 Å². The maximum absolute atomic E-state index is 12.6. The van der Waals surface area contributed by atoms with Crippen molar-refractivity contribution in [3.63, 3.8) is 0 Å². The molecular weight excluding hydrogens is 250 g/mol. The van der Waals surface area contributed by atoms with Gasteiger partial charge in [-0.2, -0.15) is 0 Å². The molecule has 0 bridgehead atoms. The van der Waals surface area contributed by atoms with Crippen molar-refractivity contribution in [1.82, 2.24) is 4.90 Å². The highest BCUT2D eigenvalue weighted by molar-refractivity contribution is 5.84. The minimum atomic E-state index is -0.0590. The highest BCUT2D eigenvalue weighted by Crippen LogP contribution is 2.31. The minimum Gasteiger partial charge on any atom is -0.491 e. The van der Waals surface area contributed by atoms with Crippen LogP contribution in [0.1, 0.15) is 51.5 Å². The van der Waals surface area contributed by atoms with Crippen LogP contribution in [0.25, 0.3) is 0 Å². The largest absolute Gasteiger partial charge is 0.491 e. The first-order valence-corrected chi connectivity index (χ1v) is 7.56. The number of carbonyl (C=O) groups is 1. The van der Waals surface area contributed by atoms with Gasteiger partial charge in [0.1, 0.15) is 5.75 Å². The van der Waals surface area contributed by atoms with Gasteiger partial charge >= 0.3 is 0 Å². The van der Waals surface area contributed by atoms with Crippen LogP contribution in [-0.4, -0.2) is 30.0 Å². The zero-order valence-corrected chi connectivity index (χ0v) is 12.9. The second kappa shape index (κ2) is 6.29. The first-order valence-electron chi connectivity index (χ1n) is 7.56. The standard InChI is InChI=1S/C17H25NO2/c1-5-16(17(19)18(4)14-9-10-14)13-7-6-8-15(11-13)20-12(2)3/h6-8,11-12,14,16H,5,9-10H2,1-4H3. The molecule has 1 atom stereocenters. The molecule has 1 unspecified atom stereocenters. The molecule has 0 spiro atoms. The Bertz CT molecular complexity index is 466. The number of hydrogen-bond donors (Lipinski definition) is 0. The summed E-state index contributed by atoms with van der Waals surface area (Å²) in [6, 6.07) is 8.42. The third-order valence-corrected chi connectivity index (χ3v) is 3.78. The number of amides is 1. The van der Waals surface area contributed by atoms with Crippen LogP contribution in [0.3, 0.4) is 0 Å². The van der Waals surface area contributed by atoms with E-state index in [2.05, 4.69) is 6.92 Å². The molecule has 0 aromatic heterocycles. The molecule has 20 heavy (non-hydrogen) atoms. The van der Waals surface area contributed by atoms with Crippen LogP contribution in [-0.2, 0) is 4.79 Å². The topological polar surface area (TPSA) is 29.5 Å². The van der Waals surface area contributed by atoms with Crippen molar-refractivity contribution in [2.24, 2.45) is 0 Å². The number of benzene rings is 1. The lowest BCUT2D eigenvalue weighted by Crippen LogP contribution is -2.33. The molecule has 1 aliphatic rings. The van der Waals surface area contributed by atoms with Crippen molar-refractivity contribution in [3.05, 3.63) is 29.8 Å². The van der Waals surface area contributed by atoms with Gasteiger partial charge < -0.3 is 9.64 Å². The molecule has 3 heteroatoms. The highest BCUT2D eigenvalue weighted by atomic mass is 16.5. The molecule has 1 aromatic rings. The van der Waals surface area contributed by atoms with Crippen LogP contribution < -0.4 is 4.74 Å². The molecule has 0 heterocycles. The van der Waals surface area contributed by atoms with Crippen molar-refractivity contribution in [3.8, 4) is 5.75 Å². The van der Waals surface area contributed by atoms with Crippen LogP contribution in [0.15, 0.2) is 24.3 Å². The van der Waals surface area contributed by atoms with E-state index in [4.69, 9.17) is 4.74 Å². The minimum absolute atomic E-state index is 0.0590. The van der Waals surface area contributed by atoms with Gasteiger partial charge in [-0.1, -0.05) is 19.1 Å². The number of ether oxygens (including phenoxy) is 1. The molecule has 0 saturated heterocycles. The van der Waals surface area contributed by atoms with Gasteiger partial charge in [-0.3, -0.25) is 4.79 Å². The fraction of sp³-hybridized carbons (Fsp3) is 0.588. The molecule has 1 aliphatic carbocycles. The summed E-state index contributed by atoms with van der Waals surface area (Å²) in [4.78, 5) is 14.5. The predicted octanol–water partition coefficient (Wildman–Crippen LogP) is 3.59. The quantitative estimate of drug-likeness (QED) is 0.794. The molecule has 110 valence electrons. The van der Waals surface area contributed by atoms with E-state index in [-0.39, 0.29) is 17.9 Å². The molecule has 2 rings (SSSR count). The van der Waals surface area contributed by atoms with Crippen molar-refractivity contribution < 1.29 is 9.53 Å². The Balaban J connectivity index is 2.15. The van der Waals surface area contributed by atoms with Crippen LogP contribution >= 0.6 is 0 Å². The SMILES string of the molecule is CCC(C(=O)N(C)C1CC1)c1cccc(OC(C)C)c1. The Morgan fingerprint density at radius 2 is 2.10 bits per heavy atom. The first kappa shape index (κ1) is 14.9. The van der Waals surface area contributed by atoms with Crippen molar-refractivity contribution >= 4 is 5.91 Å². The number of likely N-dealkylation sites (N-methyl/N-ethyl adjacent to an activating group) is 1. The fourth-order valence-corrected chi connectivity index (χ4v) is 2.52. The van der Waals surface area contributed by atoms with Gasteiger partial charge in [0.15, 0.2) is 0 Å². The first-order chi connectivity index (χ1) is 9.52. The van der Waals surface area contributed by atoms with E-state index in [1.807, 2.05) is 50.1 Å². The van der Waals surface area contributed by atoms with Gasteiger partial charge in [0, 0.05) is 13.1 Å². The van der Waals surface area contributed by atoms with Crippen molar-refractivity contribution in [1.29, 1.82) is 0 Å². The van der Waals surface area contributed by atoms with Gasteiger partial charge in [0.2, 0.25) is 5.91 Å². The molecular formula is C17H25NO2. The second-order valence-corrected chi connectivity index (χ2v) is 5.88. The molecule has 0 N–H and O–H groups in total. The Kier molecular flexibility index (Phi) is 4.69. The second-order valence-electron chi connectivity index (χ2n) is 5.88. The number of nitrogens with zero attached hydrogens (tertiary/aromatic N) is 1. The van der Waals surface area contributed by atoms with E-state index in [0.29, 0.717) is 6.04 Å². The van der Waals surface area contributed by atoms with Gasteiger partial charge in [-0.15, -0.1) is 0 Å². The zero-order valence-electron chi connectivity index (χ0n) is 12.9. The number of carbonyl (C=O) groups excluding carboxylic acids is 1. The summed E-state index contributed by atoms with van der Waals surface area (Å²) in [6.45, 7) is 6.09. The van der Waals surface area contributed by atoms with E-state index in [0.717, 1.165) is 30.6 Å². The fourth-order valence-electron chi connectivity index (χ4n) is 2.52. The third kappa shape index (κ3) is 3.53. The Labute approximate surface area is 121 Å². The molecule has 1 fully saturated rings. The van der Waals surface area contributed by atoms with Gasteiger partial charge in [0.05, 0.1) is 12.0 Å². The van der Waals surface area contributed by atoms with Crippen molar-refractivity contribution in [2.45, 2.75) is 58.1 Å². The summed E-state index contributed by atoms with van der Waals surface area (Å²) >= 11 is 0. The van der Waals surface area contributed by atoms with Crippen LogP contribution in [0.2, 0.25) is 0 Å². The highest BCUT2D eigenvalue weighted by Gasteiger charge is 2.33. The summed E-state index contributed by atoms with van der Waals surface area (Å²) in [5.41, 5.74) is 1.06. The molecule has 0 radical (unpaired) electrons.